The molecule has 2 aromatic carbocycles. The minimum atomic E-state index is -4.91. The Morgan fingerprint density at radius 1 is 1.00 bits per heavy atom. The predicted molar refractivity (Wildman–Crippen MR) is 117 cm³/mol. The Bertz CT molecular complexity index is 1120. The van der Waals surface area contributed by atoms with Gasteiger partial charge in [0, 0.05) is 4.47 Å². The maximum absolute atomic E-state index is 14.5. The van der Waals surface area contributed by atoms with Gasteiger partial charge in [-0.2, -0.15) is 18.2 Å². The van der Waals surface area contributed by atoms with Gasteiger partial charge in [-0.3, -0.25) is 4.90 Å². The van der Waals surface area contributed by atoms with Crippen molar-refractivity contribution >= 4 is 33.5 Å². The lowest BCUT2D eigenvalue weighted by molar-refractivity contribution is -0.138. The first kappa shape index (κ1) is 23.3. The van der Waals surface area contributed by atoms with Crippen LogP contribution >= 0.6 is 15.9 Å². The molecule has 12 heteroatoms. The van der Waals surface area contributed by atoms with Crippen LogP contribution in [0.4, 0.5) is 27.6 Å². The fraction of sp³-hybridized carbons (Fsp3) is 0.333. The van der Waals surface area contributed by atoms with Crippen LogP contribution in [0.3, 0.4) is 0 Å². The molecule has 33 heavy (non-hydrogen) atoms. The molecule has 1 heterocycles. The number of benzene rings is 2. The van der Waals surface area contributed by atoms with Gasteiger partial charge in [-0.1, -0.05) is 22.4 Å². The van der Waals surface area contributed by atoms with Gasteiger partial charge in [-0.15, -0.1) is 0 Å². The summed E-state index contributed by atoms with van der Waals surface area (Å²) in [5.41, 5.74) is 10.0. The van der Waals surface area contributed by atoms with E-state index in [2.05, 4.69) is 25.9 Å². The molecule has 0 radical (unpaired) electrons. The monoisotopic (exact) mass is 531 g/mol. The van der Waals surface area contributed by atoms with E-state index < -0.39 is 34.8 Å². The van der Waals surface area contributed by atoms with E-state index >= 15 is 0 Å². The Hall–Kier alpha value is -2.89. The molecule has 6 nitrogen and oxygen atoms in total. The van der Waals surface area contributed by atoms with Gasteiger partial charge in [-0.25, -0.2) is 13.8 Å². The molecule has 4 N–H and O–H groups in total. The zero-order valence-electron chi connectivity index (χ0n) is 17.1. The zero-order valence-corrected chi connectivity index (χ0v) is 18.7. The van der Waals surface area contributed by atoms with Crippen molar-refractivity contribution < 1.29 is 26.7 Å². The van der Waals surface area contributed by atoms with Gasteiger partial charge in [-0.05, 0) is 56.0 Å². The first-order chi connectivity index (χ1) is 15.5. The quantitative estimate of drug-likeness (QED) is 0.501. The van der Waals surface area contributed by atoms with Gasteiger partial charge in [0.1, 0.15) is 5.66 Å². The first-order valence-electron chi connectivity index (χ1n) is 10.0. The third-order valence-electron chi connectivity index (χ3n) is 5.55. The number of hydrogen-bond donors (Lipinski definition) is 2. The lowest BCUT2D eigenvalue weighted by Crippen LogP contribution is -2.58. The lowest BCUT2D eigenvalue weighted by atomic mass is 9.87. The molecule has 4 rings (SSSR count). The highest BCUT2D eigenvalue weighted by molar-refractivity contribution is 9.10. The summed E-state index contributed by atoms with van der Waals surface area (Å²) >= 11 is 3.36. The predicted octanol–water partition coefficient (Wildman–Crippen LogP) is 5.65. The van der Waals surface area contributed by atoms with Gasteiger partial charge < -0.3 is 16.2 Å². The Morgan fingerprint density at radius 3 is 2.24 bits per heavy atom. The molecule has 0 atom stereocenters. The molecule has 0 amide bonds. The second kappa shape index (κ2) is 8.47. The number of ether oxygens (including phenoxy) is 1. The number of anilines is 1. The van der Waals surface area contributed by atoms with E-state index in [0.29, 0.717) is 17.3 Å². The molecule has 176 valence electrons. The molecule has 1 saturated carbocycles. The number of nitrogens with zero attached hydrogens (tertiary/aromatic N) is 3. The van der Waals surface area contributed by atoms with Gasteiger partial charge in [0.15, 0.2) is 23.1 Å². The fourth-order valence-electron chi connectivity index (χ4n) is 4.15. The fourth-order valence-corrected chi connectivity index (χ4v) is 4.50. The number of rotatable bonds is 3. The van der Waals surface area contributed by atoms with Crippen molar-refractivity contribution in [2.75, 3.05) is 4.90 Å². The van der Waals surface area contributed by atoms with Crippen LogP contribution in [0.25, 0.3) is 0 Å². The average molecular weight is 532 g/mol. The highest BCUT2D eigenvalue weighted by atomic mass is 79.9. The molecule has 2 aromatic rings. The van der Waals surface area contributed by atoms with Crippen LogP contribution in [-0.4, -0.2) is 17.6 Å². The largest absolute Gasteiger partial charge is 0.449 e. The summed E-state index contributed by atoms with van der Waals surface area (Å²) in [6.07, 6.45) is -1.05. The highest BCUT2D eigenvalue weighted by Gasteiger charge is 2.44. The van der Waals surface area contributed by atoms with Crippen LogP contribution in [-0.2, 0) is 6.18 Å². The van der Waals surface area contributed by atoms with E-state index in [9.17, 15) is 22.0 Å². The normalized spacial score (nSPS) is 18.2. The molecular weight excluding hydrogens is 513 g/mol. The maximum Gasteiger partial charge on any atom is 0.416 e. The third kappa shape index (κ3) is 4.48. The highest BCUT2D eigenvalue weighted by Crippen LogP contribution is 2.45. The van der Waals surface area contributed by atoms with Gasteiger partial charge >= 0.3 is 6.18 Å². The average Bonchev–Trinajstić information content (AvgIpc) is 2.71. The van der Waals surface area contributed by atoms with Crippen molar-refractivity contribution in [3.05, 3.63) is 52.0 Å². The molecular formula is C21H19BrF5N5O. The number of aliphatic imine (C=N–C) groups is 2. The molecule has 1 fully saturated rings. The van der Waals surface area contributed by atoms with Crippen molar-refractivity contribution in [2.45, 2.75) is 43.9 Å². The summed E-state index contributed by atoms with van der Waals surface area (Å²) in [4.78, 5) is 10.2. The number of alkyl halides is 3. The maximum atomic E-state index is 14.5. The van der Waals surface area contributed by atoms with Crippen LogP contribution in [0, 0.1) is 11.6 Å². The third-order valence-corrected chi connectivity index (χ3v) is 6.04. The number of guanidine groups is 2. The summed E-state index contributed by atoms with van der Waals surface area (Å²) in [5.74, 6) is -3.98. The Labute approximate surface area is 194 Å². The molecule has 1 aliphatic carbocycles. The SMILES string of the molecule is NC1=NC2(CCCCC2)N(c2cc(Br)ccc2Oc2c(F)cc(C(F)(F)F)cc2F)C(N)=N1. The Balaban J connectivity index is 1.80. The van der Waals surface area contributed by atoms with E-state index in [1.807, 2.05) is 0 Å². The van der Waals surface area contributed by atoms with E-state index in [4.69, 9.17) is 16.2 Å². The topological polar surface area (TPSA) is 89.2 Å². The Kier molecular flexibility index (Phi) is 5.97. The van der Waals surface area contributed by atoms with Crippen LogP contribution in [0.1, 0.15) is 37.7 Å². The first-order valence-corrected chi connectivity index (χ1v) is 10.8. The van der Waals surface area contributed by atoms with Crippen molar-refractivity contribution in [1.82, 2.24) is 0 Å². The van der Waals surface area contributed by atoms with Gasteiger partial charge in [0.25, 0.3) is 0 Å². The molecule has 0 saturated heterocycles. The van der Waals surface area contributed by atoms with Crippen LogP contribution < -0.4 is 21.1 Å². The van der Waals surface area contributed by atoms with E-state index in [0.717, 1.165) is 19.3 Å². The van der Waals surface area contributed by atoms with Crippen LogP contribution in [0.5, 0.6) is 11.5 Å². The molecule has 0 bridgehead atoms. The second-order valence-electron chi connectivity index (χ2n) is 7.80. The standard InChI is InChI=1S/C21H19BrF5N5O/c22-12-4-5-16(33-17-13(23)8-11(9-14(17)24)21(25,26)27)15(10-12)32-19(29)30-18(28)31-20(32)6-2-1-3-7-20/h4-5,8-10H,1-3,6-7H2,(H4,28,29,30,31). The molecule has 0 unspecified atom stereocenters. The number of nitrogens with two attached hydrogens (primary N) is 2. The van der Waals surface area contributed by atoms with E-state index in [-0.39, 0.29) is 35.5 Å². The van der Waals surface area contributed by atoms with Gasteiger partial charge in [0.2, 0.25) is 11.9 Å². The second-order valence-corrected chi connectivity index (χ2v) is 8.72. The summed E-state index contributed by atoms with van der Waals surface area (Å²) in [7, 11) is 0. The summed E-state index contributed by atoms with van der Waals surface area (Å²) in [5, 5.41) is 0. The van der Waals surface area contributed by atoms with Crippen molar-refractivity contribution in [3.63, 3.8) is 0 Å². The molecule has 1 spiro atoms. The zero-order chi connectivity index (χ0) is 24.0. The van der Waals surface area contributed by atoms with Crippen molar-refractivity contribution in [1.29, 1.82) is 0 Å². The van der Waals surface area contributed by atoms with Crippen molar-refractivity contribution in [2.24, 2.45) is 21.5 Å². The summed E-state index contributed by atoms with van der Waals surface area (Å²) in [6.45, 7) is 0. The minimum absolute atomic E-state index is 0.0145. The summed E-state index contributed by atoms with van der Waals surface area (Å²) < 4.78 is 73.7. The molecule has 0 aromatic heterocycles. The van der Waals surface area contributed by atoms with Gasteiger partial charge in [0.05, 0.1) is 11.3 Å². The van der Waals surface area contributed by atoms with E-state index in [1.165, 1.54) is 6.07 Å². The smallest absolute Gasteiger partial charge is 0.416 e. The lowest BCUT2D eigenvalue weighted by Gasteiger charge is -2.45. The number of hydrogen-bond acceptors (Lipinski definition) is 6. The minimum Gasteiger partial charge on any atom is -0.449 e. The van der Waals surface area contributed by atoms with E-state index in [1.54, 1.807) is 17.0 Å². The summed E-state index contributed by atoms with van der Waals surface area (Å²) in [6, 6.07) is 4.94. The molecule has 2 aliphatic rings. The number of halogens is 6. The Morgan fingerprint density at radius 2 is 1.64 bits per heavy atom. The van der Waals surface area contributed by atoms with Crippen LogP contribution in [0.2, 0.25) is 0 Å². The molecule has 1 aliphatic heterocycles. The van der Waals surface area contributed by atoms with Crippen LogP contribution in [0.15, 0.2) is 44.8 Å². The van der Waals surface area contributed by atoms with Crippen molar-refractivity contribution in [3.8, 4) is 11.5 Å².